The molecular weight excluding hydrogens is 359 g/mol. The van der Waals surface area contributed by atoms with Crippen molar-refractivity contribution < 1.29 is 14.0 Å². The molecule has 0 spiro atoms. The first-order valence-electron chi connectivity index (χ1n) is 9.56. The molecule has 2 aromatic carbocycles. The Bertz CT molecular complexity index is 865. The lowest BCUT2D eigenvalue weighted by atomic mass is 9.99. The third kappa shape index (κ3) is 3.71. The maximum absolute atomic E-state index is 13.3. The van der Waals surface area contributed by atoms with Crippen molar-refractivity contribution >= 4 is 23.2 Å². The van der Waals surface area contributed by atoms with Crippen LogP contribution in [0.2, 0.25) is 0 Å². The number of anilines is 2. The first-order valence-corrected chi connectivity index (χ1v) is 9.56. The molecule has 0 radical (unpaired) electrons. The summed E-state index contributed by atoms with van der Waals surface area (Å²) in [6, 6.07) is 12.0. The lowest BCUT2D eigenvalue weighted by molar-refractivity contribution is 0.0961. The van der Waals surface area contributed by atoms with Gasteiger partial charge in [-0.25, -0.2) is 9.18 Å². The van der Waals surface area contributed by atoms with Gasteiger partial charge in [0.05, 0.1) is 11.4 Å². The number of benzene rings is 2. The van der Waals surface area contributed by atoms with Gasteiger partial charge in [0.2, 0.25) is 0 Å². The predicted octanol–water partition coefficient (Wildman–Crippen LogP) is 2.77. The lowest BCUT2D eigenvalue weighted by Crippen LogP contribution is -2.57. The van der Waals surface area contributed by atoms with Crippen molar-refractivity contribution in [3.05, 3.63) is 59.9 Å². The van der Waals surface area contributed by atoms with Crippen LogP contribution >= 0.6 is 0 Å². The summed E-state index contributed by atoms with van der Waals surface area (Å²) in [5.41, 5.74) is 1.86. The van der Waals surface area contributed by atoms with Gasteiger partial charge in [-0.15, -0.1) is 0 Å². The van der Waals surface area contributed by atoms with E-state index in [1.807, 2.05) is 24.3 Å². The normalized spacial score (nSPS) is 19.5. The van der Waals surface area contributed by atoms with Crippen molar-refractivity contribution in [1.82, 2.24) is 10.6 Å². The zero-order chi connectivity index (χ0) is 19.5. The van der Waals surface area contributed by atoms with Crippen LogP contribution in [0, 0.1) is 5.82 Å². The van der Waals surface area contributed by atoms with Crippen molar-refractivity contribution in [1.29, 1.82) is 0 Å². The summed E-state index contributed by atoms with van der Waals surface area (Å²) in [6.45, 7) is 2.02. The van der Waals surface area contributed by atoms with Crippen molar-refractivity contribution in [2.24, 2.45) is 0 Å². The van der Waals surface area contributed by atoms with Crippen molar-refractivity contribution in [3.8, 4) is 0 Å². The monoisotopic (exact) mass is 382 g/mol. The number of halogens is 1. The van der Waals surface area contributed by atoms with Gasteiger partial charge in [-0.05, 0) is 62.3 Å². The molecule has 2 aromatic rings. The third-order valence-electron chi connectivity index (χ3n) is 5.28. The number of rotatable bonds is 3. The summed E-state index contributed by atoms with van der Waals surface area (Å²) < 4.78 is 13.3. The number of urea groups is 1. The molecule has 1 unspecified atom stereocenters. The lowest BCUT2D eigenvalue weighted by Gasteiger charge is -2.38. The molecule has 0 aromatic heterocycles. The van der Waals surface area contributed by atoms with Crippen LogP contribution in [0.15, 0.2) is 48.5 Å². The highest BCUT2D eigenvalue weighted by atomic mass is 19.1. The van der Waals surface area contributed by atoms with E-state index >= 15 is 0 Å². The van der Waals surface area contributed by atoms with Gasteiger partial charge < -0.3 is 16.0 Å². The zero-order valence-corrected chi connectivity index (χ0v) is 15.5. The molecule has 0 bridgehead atoms. The molecule has 2 aliphatic heterocycles. The molecule has 2 amide bonds. The second kappa shape index (κ2) is 7.98. The number of amides is 2. The van der Waals surface area contributed by atoms with E-state index < -0.39 is 11.9 Å². The van der Waals surface area contributed by atoms with Crippen LogP contribution in [0.3, 0.4) is 0 Å². The number of carbonyl (C=O) groups excluding carboxylic acids is 2. The molecule has 6 nitrogen and oxygen atoms in total. The van der Waals surface area contributed by atoms with Gasteiger partial charge in [0.15, 0.2) is 5.78 Å². The first-order chi connectivity index (χ1) is 13.6. The molecule has 2 aliphatic rings. The number of piperidine rings is 1. The molecule has 0 aliphatic carbocycles. The van der Waals surface area contributed by atoms with Gasteiger partial charge in [-0.3, -0.25) is 9.69 Å². The Morgan fingerprint density at radius 2 is 1.75 bits per heavy atom. The number of hydrogen-bond donors (Lipinski definition) is 3. The summed E-state index contributed by atoms with van der Waals surface area (Å²) in [6.07, 6.45) is 1.71. The van der Waals surface area contributed by atoms with Gasteiger partial charge in [0.25, 0.3) is 0 Å². The Hall–Kier alpha value is -2.93. The number of hydrogen-bond acceptors (Lipinski definition) is 4. The van der Waals surface area contributed by atoms with Crippen LogP contribution in [-0.2, 0) is 0 Å². The summed E-state index contributed by atoms with van der Waals surface area (Å²) in [4.78, 5) is 27.9. The Labute approximate surface area is 163 Å². The molecule has 28 heavy (non-hydrogen) atoms. The van der Waals surface area contributed by atoms with E-state index in [4.69, 9.17) is 0 Å². The molecule has 2 heterocycles. The minimum Gasteiger partial charge on any atom is -0.381 e. The second-order valence-corrected chi connectivity index (χ2v) is 7.13. The third-order valence-corrected chi connectivity index (χ3v) is 5.28. The van der Waals surface area contributed by atoms with Crippen LogP contribution in [0.25, 0.3) is 0 Å². The molecule has 146 valence electrons. The molecule has 3 N–H and O–H groups in total. The quantitative estimate of drug-likeness (QED) is 0.714. The number of fused-ring (bicyclic) bond motifs is 1. The summed E-state index contributed by atoms with van der Waals surface area (Å²) in [5.74, 6) is -0.619. The molecular formula is C21H23FN4O2. The first kappa shape index (κ1) is 18.4. The number of nitrogens with one attached hydrogen (secondary N) is 3. The average molecular weight is 382 g/mol. The highest BCUT2D eigenvalue weighted by molar-refractivity contribution is 6.10. The average Bonchev–Trinajstić information content (AvgIpc) is 2.73. The van der Waals surface area contributed by atoms with E-state index in [0.717, 1.165) is 31.6 Å². The van der Waals surface area contributed by atoms with E-state index in [-0.39, 0.29) is 17.9 Å². The van der Waals surface area contributed by atoms with Gasteiger partial charge in [-0.1, -0.05) is 12.1 Å². The summed E-state index contributed by atoms with van der Waals surface area (Å²) in [7, 11) is 0. The van der Waals surface area contributed by atoms with Crippen LogP contribution in [-0.4, -0.2) is 43.5 Å². The van der Waals surface area contributed by atoms with E-state index in [2.05, 4.69) is 16.0 Å². The fourth-order valence-electron chi connectivity index (χ4n) is 3.78. The number of ketones is 1. The Morgan fingerprint density at radius 1 is 1.04 bits per heavy atom. The highest BCUT2D eigenvalue weighted by Gasteiger charge is 2.36. The largest absolute Gasteiger partial charge is 0.381 e. The standard InChI is InChI=1S/C21H23FN4O2/c22-15-7-5-14(6-8-15)20(27)19-13-24-17-3-1-2-4-18(17)26(19)21(28)25-16-9-11-23-12-10-16/h1-8,16,19,23-24H,9-13H2,(H,25,28). The SMILES string of the molecule is O=C(c1ccc(F)cc1)C1CNc2ccccc2N1C(=O)NC1CCNCC1. The zero-order valence-electron chi connectivity index (χ0n) is 15.5. The van der Waals surface area contributed by atoms with Gasteiger partial charge in [0, 0.05) is 18.2 Å². The smallest absolute Gasteiger partial charge is 0.322 e. The number of para-hydroxylation sites is 2. The highest BCUT2D eigenvalue weighted by Crippen LogP contribution is 2.32. The van der Waals surface area contributed by atoms with Crippen LogP contribution in [0.5, 0.6) is 0 Å². The van der Waals surface area contributed by atoms with Gasteiger partial charge in [-0.2, -0.15) is 0 Å². The van der Waals surface area contributed by atoms with Crippen LogP contribution in [0.4, 0.5) is 20.6 Å². The Balaban J connectivity index is 1.63. The number of nitrogens with zero attached hydrogens (tertiary/aromatic N) is 1. The maximum atomic E-state index is 13.3. The molecule has 1 saturated heterocycles. The van der Waals surface area contributed by atoms with Crippen LogP contribution in [0.1, 0.15) is 23.2 Å². The molecule has 1 atom stereocenters. The Kier molecular flexibility index (Phi) is 5.25. The van der Waals surface area contributed by atoms with Crippen LogP contribution < -0.4 is 20.9 Å². The fraction of sp³-hybridized carbons (Fsp3) is 0.333. The van der Waals surface area contributed by atoms with Crippen molar-refractivity contribution in [2.45, 2.75) is 24.9 Å². The topological polar surface area (TPSA) is 73.5 Å². The molecule has 4 rings (SSSR count). The summed E-state index contributed by atoms with van der Waals surface area (Å²) >= 11 is 0. The van der Waals surface area contributed by atoms with Gasteiger partial charge in [0.1, 0.15) is 11.9 Å². The molecule has 7 heteroatoms. The second-order valence-electron chi connectivity index (χ2n) is 7.13. The van der Waals surface area contributed by atoms with Crippen molar-refractivity contribution in [2.75, 3.05) is 29.9 Å². The van der Waals surface area contributed by atoms with E-state index in [1.54, 1.807) is 4.90 Å². The van der Waals surface area contributed by atoms with Gasteiger partial charge >= 0.3 is 6.03 Å². The van der Waals surface area contributed by atoms with E-state index in [0.29, 0.717) is 17.8 Å². The fourth-order valence-corrected chi connectivity index (χ4v) is 3.78. The molecule has 1 fully saturated rings. The number of carbonyl (C=O) groups is 2. The predicted molar refractivity (Wildman–Crippen MR) is 106 cm³/mol. The minimum atomic E-state index is -0.706. The Morgan fingerprint density at radius 3 is 2.50 bits per heavy atom. The summed E-state index contributed by atoms with van der Waals surface area (Å²) in [5, 5.41) is 9.60. The van der Waals surface area contributed by atoms with Crippen molar-refractivity contribution in [3.63, 3.8) is 0 Å². The van der Waals surface area contributed by atoms with E-state index in [1.165, 1.54) is 24.3 Å². The van der Waals surface area contributed by atoms with E-state index in [9.17, 15) is 14.0 Å². The number of Topliss-reactive ketones (excluding diaryl/α,β-unsaturated/α-hetero) is 1. The molecule has 0 saturated carbocycles. The minimum absolute atomic E-state index is 0.0809. The maximum Gasteiger partial charge on any atom is 0.322 e.